The van der Waals surface area contributed by atoms with Crippen molar-refractivity contribution in [3.05, 3.63) is 82.4 Å². The Labute approximate surface area is 227 Å². The van der Waals surface area contributed by atoms with E-state index in [1.54, 1.807) is 24.3 Å². The summed E-state index contributed by atoms with van der Waals surface area (Å²) in [6.07, 6.45) is 1.23. The zero-order chi connectivity index (χ0) is 27.8. The average molecular weight is 549 g/mol. The van der Waals surface area contributed by atoms with Crippen LogP contribution in [0.1, 0.15) is 5.56 Å². The number of aromatic nitrogens is 3. The van der Waals surface area contributed by atoms with Gasteiger partial charge in [0.15, 0.2) is 22.5 Å². The minimum atomic E-state index is -0.513. The van der Waals surface area contributed by atoms with Crippen LogP contribution in [-0.2, 0) is 4.79 Å². The lowest BCUT2D eigenvalue weighted by atomic mass is 10.1. The van der Waals surface area contributed by atoms with Gasteiger partial charge in [-0.2, -0.15) is 5.10 Å². The quantitative estimate of drug-likeness (QED) is 0.127. The number of benzene rings is 3. The van der Waals surface area contributed by atoms with E-state index >= 15 is 0 Å². The molecule has 1 amide bonds. The number of hydrazone groups is 1. The number of amides is 1. The highest BCUT2D eigenvalue weighted by Crippen LogP contribution is 2.41. The number of para-hydroxylation sites is 2. The molecule has 39 heavy (non-hydrogen) atoms. The molecule has 4 aromatic rings. The van der Waals surface area contributed by atoms with Crippen molar-refractivity contribution in [3.63, 3.8) is 0 Å². The molecule has 0 aliphatic carbocycles. The Morgan fingerprint density at radius 2 is 1.69 bits per heavy atom. The second-order valence-corrected chi connectivity index (χ2v) is 8.73. The van der Waals surface area contributed by atoms with Crippen molar-refractivity contribution in [2.75, 3.05) is 27.1 Å². The van der Waals surface area contributed by atoms with Crippen molar-refractivity contribution in [1.82, 2.24) is 20.2 Å². The number of hydrogen-bond donors (Lipinski definition) is 1. The molecule has 0 radical (unpaired) electrons. The Balaban J connectivity index is 1.58. The van der Waals surface area contributed by atoms with Crippen LogP contribution < -0.4 is 19.6 Å². The van der Waals surface area contributed by atoms with Crippen molar-refractivity contribution < 1.29 is 23.9 Å². The molecule has 1 heterocycles. The summed E-state index contributed by atoms with van der Waals surface area (Å²) in [5, 5.41) is 24.2. The first-order chi connectivity index (χ1) is 19.0. The van der Waals surface area contributed by atoms with Crippen molar-refractivity contribution >= 4 is 29.6 Å². The molecule has 4 rings (SSSR count). The first-order valence-electron chi connectivity index (χ1n) is 11.5. The largest absolute Gasteiger partial charge is 0.493 e. The zero-order valence-corrected chi connectivity index (χ0v) is 22.0. The fourth-order valence-electron chi connectivity index (χ4n) is 3.67. The number of thioether (sulfide) groups is 1. The minimum absolute atomic E-state index is 0.0333. The minimum Gasteiger partial charge on any atom is -0.493 e. The molecule has 12 nitrogen and oxygen atoms in total. The molecular formula is C26H24N6O6S. The van der Waals surface area contributed by atoms with Gasteiger partial charge >= 0.3 is 0 Å². The predicted molar refractivity (Wildman–Crippen MR) is 146 cm³/mol. The fourth-order valence-corrected chi connectivity index (χ4v) is 4.41. The Hall–Kier alpha value is -4.91. The number of nitro benzene ring substituents is 1. The Kier molecular flexibility index (Phi) is 8.74. The predicted octanol–water partition coefficient (Wildman–Crippen LogP) is 4.11. The standard InChI is InChI=1S/C26H24N6O6S/c1-36-21-13-18(14-22(37-2)24(21)38-3)25-29-30-26(31(25)19-10-5-4-6-11-19)39-16-23(33)28-27-15-17-9-7-8-12-20(17)32(34)35/h4-15H,16H2,1-3H3,(H,28,33). The van der Waals surface area contributed by atoms with E-state index in [2.05, 4.69) is 20.7 Å². The molecular weight excluding hydrogens is 524 g/mol. The van der Waals surface area contributed by atoms with Crippen molar-refractivity contribution in [2.24, 2.45) is 5.10 Å². The van der Waals surface area contributed by atoms with Crippen molar-refractivity contribution in [2.45, 2.75) is 5.16 Å². The molecule has 0 aliphatic heterocycles. The number of rotatable bonds is 11. The number of hydrogen-bond acceptors (Lipinski definition) is 10. The second kappa shape index (κ2) is 12.6. The van der Waals surface area contributed by atoms with Crippen LogP contribution in [0.4, 0.5) is 5.69 Å². The molecule has 0 saturated heterocycles. The molecule has 0 spiro atoms. The molecule has 0 unspecified atom stereocenters. The number of ether oxygens (including phenoxy) is 3. The lowest BCUT2D eigenvalue weighted by Gasteiger charge is -2.15. The van der Waals surface area contributed by atoms with Gasteiger partial charge in [-0.1, -0.05) is 42.1 Å². The molecule has 13 heteroatoms. The van der Waals surface area contributed by atoms with Gasteiger partial charge in [0.05, 0.1) is 43.8 Å². The third kappa shape index (κ3) is 6.15. The van der Waals surface area contributed by atoms with E-state index in [0.717, 1.165) is 17.4 Å². The van der Waals surface area contributed by atoms with Crippen LogP contribution >= 0.6 is 11.8 Å². The van der Waals surface area contributed by atoms with E-state index in [-0.39, 0.29) is 17.0 Å². The van der Waals surface area contributed by atoms with Gasteiger partial charge in [0.1, 0.15) is 0 Å². The number of nitrogens with one attached hydrogen (secondary N) is 1. The monoisotopic (exact) mass is 548 g/mol. The van der Waals surface area contributed by atoms with Gasteiger partial charge in [-0.3, -0.25) is 19.5 Å². The molecule has 200 valence electrons. The van der Waals surface area contributed by atoms with Crippen LogP contribution in [0.25, 0.3) is 17.1 Å². The van der Waals surface area contributed by atoms with E-state index < -0.39 is 10.8 Å². The summed E-state index contributed by atoms with van der Waals surface area (Å²) in [6.45, 7) is 0. The normalized spacial score (nSPS) is 10.8. The first-order valence-corrected chi connectivity index (χ1v) is 12.4. The average Bonchev–Trinajstić information content (AvgIpc) is 3.39. The van der Waals surface area contributed by atoms with Crippen LogP contribution in [0, 0.1) is 10.1 Å². The summed E-state index contributed by atoms with van der Waals surface area (Å²) in [6, 6.07) is 19.1. The number of methoxy groups -OCH3 is 3. The number of nitrogens with zero attached hydrogens (tertiary/aromatic N) is 5. The highest BCUT2D eigenvalue weighted by atomic mass is 32.2. The number of nitro groups is 1. The summed E-state index contributed by atoms with van der Waals surface area (Å²) < 4.78 is 18.2. The summed E-state index contributed by atoms with van der Waals surface area (Å²) in [7, 11) is 4.58. The molecule has 0 fully saturated rings. The second-order valence-electron chi connectivity index (χ2n) is 7.79. The summed E-state index contributed by atoms with van der Waals surface area (Å²) in [5.41, 5.74) is 3.99. The van der Waals surface area contributed by atoms with Crippen LogP contribution in [0.3, 0.4) is 0 Å². The van der Waals surface area contributed by atoms with E-state index in [0.29, 0.717) is 33.8 Å². The topological polar surface area (TPSA) is 143 Å². The Morgan fingerprint density at radius 1 is 1.03 bits per heavy atom. The number of carbonyl (C=O) groups excluding carboxylic acids is 1. The Morgan fingerprint density at radius 3 is 2.33 bits per heavy atom. The van der Waals surface area contributed by atoms with Crippen molar-refractivity contribution in [3.8, 4) is 34.3 Å². The fraction of sp³-hybridized carbons (Fsp3) is 0.154. The van der Waals surface area contributed by atoms with E-state index in [1.165, 1.54) is 39.7 Å². The van der Waals surface area contributed by atoms with Gasteiger partial charge in [-0.05, 0) is 30.3 Å². The first kappa shape index (κ1) is 27.1. The van der Waals surface area contributed by atoms with E-state index in [9.17, 15) is 14.9 Å². The molecule has 0 saturated carbocycles. The van der Waals surface area contributed by atoms with Crippen LogP contribution in [-0.4, -0.2) is 58.9 Å². The van der Waals surface area contributed by atoms with Gasteiger partial charge in [0.2, 0.25) is 5.75 Å². The highest BCUT2D eigenvalue weighted by molar-refractivity contribution is 7.99. The third-order valence-electron chi connectivity index (χ3n) is 5.43. The maximum atomic E-state index is 12.5. The molecule has 3 aromatic carbocycles. The maximum absolute atomic E-state index is 12.5. The lowest BCUT2D eigenvalue weighted by molar-refractivity contribution is -0.385. The zero-order valence-electron chi connectivity index (χ0n) is 21.2. The molecule has 0 aliphatic rings. The van der Waals surface area contributed by atoms with Gasteiger partial charge in [0.25, 0.3) is 11.6 Å². The van der Waals surface area contributed by atoms with E-state index in [1.807, 2.05) is 34.9 Å². The summed E-state index contributed by atoms with van der Waals surface area (Å²) in [4.78, 5) is 23.1. The van der Waals surface area contributed by atoms with Gasteiger partial charge in [0, 0.05) is 17.3 Å². The van der Waals surface area contributed by atoms with Gasteiger partial charge in [-0.25, -0.2) is 5.43 Å². The SMILES string of the molecule is COc1cc(-c2nnc(SCC(=O)NN=Cc3ccccc3[N+](=O)[O-])n2-c2ccccc2)cc(OC)c1OC. The summed E-state index contributed by atoms with van der Waals surface area (Å²) in [5.74, 6) is 1.40. The van der Waals surface area contributed by atoms with E-state index in [4.69, 9.17) is 14.2 Å². The highest BCUT2D eigenvalue weighted by Gasteiger charge is 2.21. The lowest BCUT2D eigenvalue weighted by Crippen LogP contribution is -2.20. The smallest absolute Gasteiger partial charge is 0.278 e. The van der Waals surface area contributed by atoms with Gasteiger partial charge in [-0.15, -0.1) is 10.2 Å². The molecule has 1 N–H and O–H groups in total. The van der Waals surface area contributed by atoms with Crippen LogP contribution in [0.5, 0.6) is 17.2 Å². The molecule has 1 aromatic heterocycles. The third-order valence-corrected chi connectivity index (χ3v) is 6.36. The van der Waals surface area contributed by atoms with Crippen molar-refractivity contribution in [1.29, 1.82) is 0 Å². The van der Waals surface area contributed by atoms with Crippen LogP contribution in [0.15, 0.2) is 77.0 Å². The van der Waals surface area contributed by atoms with Gasteiger partial charge < -0.3 is 14.2 Å². The van der Waals surface area contributed by atoms with Crippen LogP contribution in [0.2, 0.25) is 0 Å². The Bertz CT molecular complexity index is 1480. The number of carbonyl (C=O) groups is 1. The molecule has 0 bridgehead atoms. The molecule has 0 atom stereocenters. The maximum Gasteiger partial charge on any atom is 0.278 e. The summed E-state index contributed by atoms with van der Waals surface area (Å²) >= 11 is 1.16.